The summed E-state index contributed by atoms with van der Waals surface area (Å²) in [5.74, 6) is 0. The minimum absolute atomic E-state index is 0.154. The van der Waals surface area contributed by atoms with Crippen LogP contribution < -0.4 is 5.32 Å². The number of hydrogen-bond acceptors (Lipinski definition) is 2. The highest BCUT2D eigenvalue weighted by Crippen LogP contribution is 2.30. The Morgan fingerprint density at radius 2 is 2.31 bits per heavy atom. The Kier molecular flexibility index (Phi) is 2.33. The first-order chi connectivity index (χ1) is 6.20. The van der Waals surface area contributed by atoms with Gasteiger partial charge in [0.1, 0.15) is 5.69 Å². The molecule has 0 fully saturated rings. The fourth-order valence-corrected chi connectivity index (χ4v) is 1.98. The third-order valence-corrected chi connectivity index (χ3v) is 2.88. The summed E-state index contributed by atoms with van der Waals surface area (Å²) < 4.78 is 26.8. The molecule has 1 aliphatic rings. The minimum Gasteiger partial charge on any atom is -0.309 e. The zero-order valence-corrected chi connectivity index (χ0v) is 8.31. The molecule has 3 nitrogen and oxygen atoms in total. The van der Waals surface area contributed by atoms with E-state index in [9.17, 15) is 8.78 Å². The molecule has 6 heteroatoms. The summed E-state index contributed by atoms with van der Waals surface area (Å²) in [6.45, 7) is 2.03. The Hall–Kier alpha value is -0.490. The van der Waals surface area contributed by atoms with Gasteiger partial charge in [0.2, 0.25) is 0 Å². The van der Waals surface area contributed by atoms with Crippen LogP contribution in [-0.2, 0) is 13.1 Å². The fourth-order valence-electron chi connectivity index (χ4n) is 1.38. The first-order valence-corrected chi connectivity index (χ1v) is 4.73. The standard InChI is InChI=1S/C7H8BrF2N3/c8-5-4-3-11-1-2-13(4)12-6(5)7(9)10/h7,11H,1-3H2. The lowest BCUT2D eigenvalue weighted by Gasteiger charge is -2.14. The maximum Gasteiger partial charge on any atom is 0.283 e. The van der Waals surface area contributed by atoms with Crippen molar-refractivity contribution >= 4 is 15.9 Å². The highest BCUT2D eigenvalue weighted by molar-refractivity contribution is 9.10. The van der Waals surface area contributed by atoms with Gasteiger partial charge >= 0.3 is 0 Å². The lowest BCUT2D eigenvalue weighted by Crippen LogP contribution is -2.28. The number of fused-ring (bicyclic) bond motifs is 1. The van der Waals surface area contributed by atoms with Gasteiger partial charge in [-0.3, -0.25) is 4.68 Å². The van der Waals surface area contributed by atoms with E-state index in [1.165, 1.54) is 0 Å². The van der Waals surface area contributed by atoms with E-state index in [1.807, 2.05) is 0 Å². The summed E-state index contributed by atoms with van der Waals surface area (Å²) in [7, 11) is 0. The van der Waals surface area contributed by atoms with Crippen molar-refractivity contribution in [2.24, 2.45) is 0 Å². The molecule has 0 saturated carbocycles. The molecule has 1 aliphatic heterocycles. The zero-order chi connectivity index (χ0) is 9.42. The fraction of sp³-hybridized carbons (Fsp3) is 0.571. The summed E-state index contributed by atoms with van der Waals surface area (Å²) in [5.41, 5.74) is 0.653. The van der Waals surface area contributed by atoms with Crippen LogP contribution in [0.25, 0.3) is 0 Å². The monoisotopic (exact) mass is 251 g/mol. The van der Waals surface area contributed by atoms with Crippen molar-refractivity contribution < 1.29 is 8.78 Å². The predicted octanol–water partition coefficient (Wildman–Crippen LogP) is 1.69. The van der Waals surface area contributed by atoms with E-state index in [0.717, 1.165) is 12.2 Å². The van der Waals surface area contributed by atoms with E-state index in [1.54, 1.807) is 4.68 Å². The van der Waals surface area contributed by atoms with Crippen LogP contribution in [0.5, 0.6) is 0 Å². The minimum atomic E-state index is -2.51. The van der Waals surface area contributed by atoms with E-state index >= 15 is 0 Å². The van der Waals surface area contributed by atoms with Crippen LogP contribution in [0.3, 0.4) is 0 Å². The molecule has 0 spiro atoms. The van der Waals surface area contributed by atoms with Gasteiger partial charge in [0.25, 0.3) is 6.43 Å². The Labute approximate surface area is 82.2 Å². The molecule has 0 radical (unpaired) electrons. The Balaban J connectivity index is 2.44. The normalized spacial score (nSPS) is 16.3. The molecule has 2 rings (SSSR count). The van der Waals surface area contributed by atoms with Gasteiger partial charge in [-0.25, -0.2) is 8.78 Å². The second kappa shape index (κ2) is 3.34. The van der Waals surface area contributed by atoms with Crippen molar-refractivity contribution in [3.63, 3.8) is 0 Å². The van der Waals surface area contributed by atoms with Crippen molar-refractivity contribution in [1.29, 1.82) is 0 Å². The van der Waals surface area contributed by atoms with Gasteiger partial charge < -0.3 is 5.32 Å². The molecule has 0 bridgehead atoms. The molecule has 0 saturated heterocycles. The highest BCUT2D eigenvalue weighted by atomic mass is 79.9. The van der Waals surface area contributed by atoms with Crippen molar-refractivity contribution in [3.05, 3.63) is 15.9 Å². The number of rotatable bonds is 1. The van der Waals surface area contributed by atoms with E-state index in [-0.39, 0.29) is 5.69 Å². The SMILES string of the molecule is FC(F)c1nn2c(c1Br)CNCC2. The van der Waals surface area contributed by atoms with Crippen LogP contribution in [0.4, 0.5) is 8.78 Å². The van der Waals surface area contributed by atoms with Crippen molar-refractivity contribution in [1.82, 2.24) is 15.1 Å². The van der Waals surface area contributed by atoms with Gasteiger partial charge in [0, 0.05) is 13.1 Å². The van der Waals surface area contributed by atoms with Gasteiger partial charge in [-0.05, 0) is 15.9 Å². The molecular formula is C7H8BrF2N3. The lowest BCUT2D eigenvalue weighted by molar-refractivity contribution is 0.144. The summed E-state index contributed by atoms with van der Waals surface area (Å²) in [6, 6.07) is 0. The Morgan fingerprint density at radius 3 is 2.92 bits per heavy atom. The van der Waals surface area contributed by atoms with Crippen LogP contribution in [0, 0.1) is 0 Å². The number of halogens is 3. The molecule has 2 heterocycles. The summed E-state index contributed by atoms with van der Waals surface area (Å²) >= 11 is 3.13. The average Bonchev–Trinajstić information content (AvgIpc) is 2.45. The Morgan fingerprint density at radius 1 is 1.54 bits per heavy atom. The van der Waals surface area contributed by atoms with Crippen molar-refractivity contribution in [2.75, 3.05) is 6.54 Å². The van der Waals surface area contributed by atoms with Gasteiger partial charge in [0.05, 0.1) is 16.7 Å². The maximum absolute atomic E-state index is 12.4. The number of hydrogen-bond donors (Lipinski definition) is 1. The third-order valence-electron chi connectivity index (χ3n) is 2.02. The van der Waals surface area contributed by atoms with Crippen molar-refractivity contribution in [3.8, 4) is 0 Å². The largest absolute Gasteiger partial charge is 0.309 e. The second-order valence-corrected chi connectivity index (χ2v) is 3.64. The molecule has 1 aromatic heterocycles. The number of nitrogens with one attached hydrogen (secondary N) is 1. The molecule has 0 unspecified atom stereocenters. The van der Waals surface area contributed by atoms with Crippen LogP contribution >= 0.6 is 15.9 Å². The summed E-state index contributed by atoms with van der Waals surface area (Å²) in [4.78, 5) is 0. The topological polar surface area (TPSA) is 29.9 Å². The first kappa shape index (κ1) is 9.08. The summed E-state index contributed by atoms with van der Waals surface area (Å²) in [5, 5.41) is 6.93. The van der Waals surface area contributed by atoms with Crippen molar-refractivity contribution in [2.45, 2.75) is 19.5 Å². The van der Waals surface area contributed by atoms with Gasteiger partial charge in [0.15, 0.2) is 0 Å². The van der Waals surface area contributed by atoms with Gasteiger partial charge in [-0.2, -0.15) is 5.10 Å². The van der Waals surface area contributed by atoms with Crippen LogP contribution in [0.15, 0.2) is 4.47 Å². The molecule has 0 atom stereocenters. The predicted molar refractivity (Wildman–Crippen MR) is 46.6 cm³/mol. The molecule has 1 aromatic rings. The smallest absolute Gasteiger partial charge is 0.283 e. The average molecular weight is 252 g/mol. The van der Waals surface area contributed by atoms with E-state index in [4.69, 9.17) is 0 Å². The van der Waals surface area contributed by atoms with Gasteiger partial charge in [-0.15, -0.1) is 0 Å². The molecule has 0 aromatic carbocycles. The van der Waals surface area contributed by atoms with Crippen LogP contribution in [0.1, 0.15) is 17.8 Å². The van der Waals surface area contributed by atoms with E-state index in [0.29, 0.717) is 17.6 Å². The van der Waals surface area contributed by atoms with Crippen LogP contribution in [-0.4, -0.2) is 16.3 Å². The highest BCUT2D eigenvalue weighted by Gasteiger charge is 2.23. The van der Waals surface area contributed by atoms with Crippen LogP contribution in [0.2, 0.25) is 0 Å². The lowest BCUT2D eigenvalue weighted by atomic mass is 10.3. The molecule has 0 aliphatic carbocycles. The molecular weight excluding hydrogens is 244 g/mol. The summed E-state index contributed by atoms with van der Waals surface area (Å²) in [6.07, 6.45) is -2.51. The molecule has 13 heavy (non-hydrogen) atoms. The van der Waals surface area contributed by atoms with Gasteiger partial charge in [-0.1, -0.05) is 0 Å². The molecule has 72 valence electrons. The zero-order valence-electron chi connectivity index (χ0n) is 6.73. The third kappa shape index (κ3) is 1.48. The van der Waals surface area contributed by atoms with E-state index in [2.05, 4.69) is 26.3 Å². The quantitative estimate of drug-likeness (QED) is 0.824. The molecule has 0 amide bonds. The number of alkyl halides is 2. The number of aromatic nitrogens is 2. The molecule has 1 N–H and O–H groups in total. The number of nitrogens with zero attached hydrogens (tertiary/aromatic N) is 2. The second-order valence-electron chi connectivity index (χ2n) is 2.85. The van der Waals surface area contributed by atoms with E-state index < -0.39 is 6.43 Å². The Bertz CT molecular complexity index is 324. The maximum atomic E-state index is 12.4. The first-order valence-electron chi connectivity index (χ1n) is 3.94.